The molecule has 0 bridgehead atoms. The molecule has 0 saturated carbocycles. The normalized spacial score (nSPS) is 16.8. The van der Waals surface area contributed by atoms with Crippen molar-refractivity contribution in [3.8, 4) is 11.1 Å². The van der Waals surface area contributed by atoms with E-state index in [0.717, 1.165) is 42.6 Å². The van der Waals surface area contributed by atoms with Crippen molar-refractivity contribution in [3.63, 3.8) is 0 Å². The average molecular weight is 423 g/mol. The second-order valence-electron chi connectivity index (χ2n) is 7.57. The molecule has 3 N–H and O–H groups in total. The van der Waals surface area contributed by atoms with E-state index in [0.29, 0.717) is 5.69 Å². The Bertz CT molecular complexity index is 1060. The van der Waals surface area contributed by atoms with E-state index < -0.39 is 0 Å². The maximum Gasteiger partial charge on any atom is 0.238 e. The van der Waals surface area contributed by atoms with Crippen molar-refractivity contribution >= 4 is 17.5 Å². The van der Waals surface area contributed by atoms with Crippen LogP contribution in [0.2, 0.25) is 0 Å². The van der Waals surface area contributed by atoms with Crippen LogP contribution in [0.4, 0.5) is 20.4 Å². The lowest BCUT2D eigenvalue weighted by molar-refractivity contribution is -0.118. The first-order chi connectivity index (χ1) is 15.0. The van der Waals surface area contributed by atoms with Gasteiger partial charge in [0.05, 0.1) is 18.3 Å². The molecule has 1 aliphatic rings. The molecule has 1 amide bonds. The first-order valence-electron chi connectivity index (χ1n) is 10.2. The summed E-state index contributed by atoms with van der Waals surface area (Å²) in [4.78, 5) is 23.4. The Morgan fingerprint density at radius 2 is 1.74 bits per heavy atom. The van der Waals surface area contributed by atoms with Gasteiger partial charge in [0.1, 0.15) is 11.6 Å². The van der Waals surface area contributed by atoms with Crippen LogP contribution in [0, 0.1) is 11.6 Å². The zero-order valence-electron chi connectivity index (χ0n) is 16.9. The van der Waals surface area contributed by atoms with Crippen molar-refractivity contribution < 1.29 is 13.6 Å². The standard InChI is InChI=1S/C23H23F2N5O/c24-16-6-4-15(5-7-16)19-13-27-23(26)29-22(19)20-3-1-2-12-30(20)14-21(31)28-18-10-8-17(25)9-11-18/h4-11,13,20H,1-3,12,14H2,(H,28,31)(H2,26,27,29)/t20-/m0/s1. The smallest absolute Gasteiger partial charge is 0.238 e. The van der Waals surface area contributed by atoms with Gasteiger partial charge in [-0.05, 0) is 61.3 Å². The number of benzene rings is 2. The van der Waals surface area contributed by atoms with Crippen molar-refractivity contribution in [2.45, 2.75) is 25.3 Å². The minimum atomic E-state index is -0.358. The minimum Gasteiger partial charge on any atom is -0.368 e. The van der Waals surface area contributed by atoms with Crippen LogP contribution in [-0.2, 0) is 4.79 Å². The Kier molecular flexibility index (Phi) is 6.18. The molecular weight excluding hydrogens is 400 g/mol. The topological polar surface area (TPSA) is 84.1 Å². The van der Waals surface area contributed by atoms with Gasteiger partial charge in [-0.25, -0.2) is 18.7 Å². The number of halogens is 2. The number of piperidine rings is 1. The van der Waals surface area contributed by atoms with Gasteiger partial charge < -0.3 is 11.1 Å². The molecular formula is C23H23F2N5O. The number of anilines is 2. The summed E-state index contributed by atoms with van der Waals surface area (Å²) in [6.07, 6.45) is 4.42. The number of rotatable bonds is 5. The average Bonchev–Trinajstić information content (AvgIpc) is 2.76. The fourth-order valence-corrected chi connectivity index (χ4v) is 3.92. The third-order valence-corrected chi connectivity index (χ3v) is 5.40. The predicted octanol–water partition coefficient (Wildman–Crippen LogP) is 4.17. The Morgan fingerprint density at radius 3 is 2.45 bits per heavy atom. The summed E-state index contributed by atoms with van der Waals surface area (Å²) in [5, 5.41) is 2.81. The van der Waals surface area contributed by atoms with Gasteiger partial charge in [-0.2, -0.15) is 0 Å². The number of nitrogens with one attached hydrogen (secondary N) is 1. The summed E-state index contributed by atoms with van der Waals surface area (Å²) in [5.74, 6) is -0.715. The Morgan fingerprint density at radius 1 is 1.06 bits per heavy atom. The monoisotopic (exact) mass is 423 g/mol. The van der Waals surface area contributed by atoms with E-state index in [1.54, 1.807) is 18.3 Å². The lowest BCUT2D eigenvalue weighted by Gasteiger charge is -2.35. The number of likely N-dealkylation sites (tertiary alicyclic amines) is 1. The number of aromatic nitrogens is 2. The van der Waals surface area contributed by atoms with E-state index in [-0.39, 0.29) is 36.1 Å². The maximum absolute atomic E-state index is 13.4. The van der Waals surface area contributed by atoms with Crippen LogP contribution in [0.15, 0.2) is 54.7 Å². The van der Waals surface area contributed by atoms with Gasteiger partial charge in [0, 0.05) is 17.4 Å². The molecule has 160 valence electrons. The summed E-state index contributed by atoms with van der Waals surface area (Å²) >= 11 is 0. The zero-order valence-corrected chi connectivity index (χ0v) is 16.9. The number of nitrogen functional groups attached to an aromatic ring is 1. The van der Waals surface area contributed by atoms with Gasteiger partial charge >= 0.3 is 0 Å². The molecule has 3 aromatic rings. The molecule has 6 nitrogen and oxygen atoms in total. The van der Waals surface area contributed by atoms with E-state index in [1.165, 1.54) is 36.4 Å². The van der Waals surface area contributed by atoms with Crippen molar-refractivity contribution in [2.75, 3.05) is 24.1 Å². The molecule has 2 heterocycles. The fraction of sp³-hybridized carbons (Fsp3) is 0.261. The number of nitrogens with zero attached hydrogens (tertiary/aromatic N) is 3. The van der Waals surface area contributed by atoms with Crippen LogP contribution >= 0.6 is 0 Å². The summed E-state index contributed by atoms with van der Waals surface area (Å²) in [6.45, 7) is 0.892. The quantitative estimate of drug-likeness (QED) is 0.644. The van der Waals surface area contributed by atoms with E-state index in [4.69, 9.17) is 5.73 Å². The largest absolute Gasteiger partial charge is 0.368 e. The zero-order chi connectivity index (χ0) is 21.8. The van der Waals surface area contributed by atoms with Crippen LogP contribution < -0.4 is 11.1 Å². The van der Waals surface area contributed by atoms with E-state index >= 15 is 0 Å². The van der Waals surface area contributed by atoms with E-state index in [9.17, 15) is 13.6 Å². The summed E-state index contributed by atoms with van der Waals surface area (Å²) < 4.78 is 26.5. The third kappa shape index (κ3) is 5.03. The lowest BCUT2D eigenvalue weighted by atomic mass is 9.94. The third-order valence-electron chi connectivity index (χ3n) is 5.40. The maximum atomic E-state index is 13.4. The molecule has 1 aromatic heterocycles. The summed E-state index contributed by atoms with van der Waals surface area (Å²) in [7, 11) is 0. The number of carbonyl (C=O) groups is 1. The van der Waals surface area contributed by atoms with E-state index in [1.807, 2.05) is 0 Å². The molecule has 1 fully saturated rings. The molecule has 0 radical (unpaired) electrons. The molecule has 8 heteroatoms. The highest BCUT2D eigenvalue weighted by molar-refractivity contribution is 5.92. The lowest BCUT2D eigenvalue weighted by Crippen LogP contribution is -2.40. The highest BCUT2D eigenvalue weighted by Crippen LogP contribution is 2.35. The number of nitrogens with two attached hydrogens (primary N) is 1. The van der Waals surface area contributed by atoms with Crippen molar-refractivity contribution in [3.05, 3.63) is 72.1 Å². The van der Waals surface area contributed by atoms with Crippen LogP contribution in [-0.4, -0.2) is 33.9 Å². The first-order valence-corrected chi connectivity index (χ1v) is 10.2. The number of amides is 1. The molecule has 0 aliphatic carbocycles. The molecule has 31 heavy (non-hydrogen) atoms. The van der Waals surface area contributed by atoms with Gasteiger partial charge in [-0.15, -0.1) is 0 Å². The van der Waals surface area contributed by atoms with Crippen molar-refractivity contribution in [2.24, 2.45) is 0 Å². The minimum absolute atomic E-state index is 0.127. The highest BCUT2D eigenvalue weighted by atomic mass is 19.1. The number of hydrogen-bond donors (Lipinski definition) is 2. The summed E-state index contributed by atoms with van der Waals surface area (Å²) in [5.41, 5.74) is 8.71. The van der Waals surface area contributed by atoms with Gasteiger partial charge in [-0.3, -0.25) is 9.69 Å². The summed E-state index contributed by atoms with van der Waals surface area (Å²) in [6, 6.07) is 11.7. The molecule has 1 aliphatic heterocycles. The Hall–Kier alpha value is -3.39. The second-order valence-corrected chi connectivity index (χ2v) is 7.57. The van der Waals surface area contributed by atoms with Crippen LogP contribution in [0.3, 0.4) is 0 Å². The number of hydrogen-bond acceptors (Lipinski definition) is 5. The Labute approximate surface area is 179 Å². The van der Waals surface area contributed by atoms with E-state index in [2.05, 4.69) is 20.2 Å². The predicted molar refractivity (Wildman–Crippen MR) is 115 cm³/mol. The van der Waals surface area contributed by atoms with Crippen molar-refractivity contribution in [1.82, 2.24) is 14.9 Å². The van der Waals surface area contributed by atoms with Crippen molar-refractivity contribution in [1.29, 1.82) is 0 Å². The van der Waals surface area contributed by atoms with Gasteiger partial charge in [0.2, 0.25) is 11.9 Å². The highest BCUT2D eigenvalue weighted by Gasteiger charge is 2.29. The molecule has 0 spiro atoms. The second kappa shape index (κ2) is 9.18. The first kappa shape index (κ1) is 20.9. The van der Waals surface area contributed by atoms with Crippen LogP contribution in [0.25, 0.3) is 11.1 Å². The van der Waals surface area contributed by atoms with Crippen LogP contribution in [0.1, 0.15) is 31.0 Å². The molecule has 4 rings (SSSR count). The molecule has 1 atom stereocenters. The molecule has 2 aromatic carbocycles. The van der Waals surface area contributed by atoms with Gasteiger partial charge in [0.15, 0.2) is 0 Å². The Balaban J connectivity index is 1.58. The molecule has 1 saturated heterocycles. The van der Waals surface area contributed by atoms with Gasteiger partial charge in [-0.1, -0.05) is 18.6 Å². The molecule has 0 unspecified atom stereocenters. The van der Waals surface area contributed by atoms with Gasteiger partial charge in [0.25, 0.3) is 0 Å². The van der Waals surface area contributed by atoms with Crippen LogP contribution in [0.5, 0.6) is 0 Å². The SMILES string of the molecule is Nc1ncc(-c2ccc(F)cc2)c([C@@H]2CCCCN2CC(=O)Nc2ccc(F)cc2)n1. The fourth-order valence-electron chi connectivity index (χ4n) is 3.92. The number of carbonyl (C=O) groups excluding carboxylic acids is 1.